The number of methoxy groups -OCH3 is 1. The van der Waals surface area contributed by atoms with E-state index in [0.717, 1.165) is 39.0 Å². The molecule has 3 heterocycles. The summed E-state index contributed by atoms with van der Waals surface area (Å²) in [5, 5.41) is 11.3. The number of aliphatic hydroxyl groups excluding tert-OH is 1. The highest BCUT2D eigenvalue weighted by molar-refractivity contribution is 6.04. The molecule has 0 saturated carbocycles. The van der Waals surface area contributed by atoms with Gasteiger partial charge in [-0.05, 0) is 106 Å². The summed E-state index contributed by atoms with van der Waals surface area (Å²) in [5.74, 6) is -0.956. The van der Waals surface area contributed by atoms with E-state index in [-0.39, 0.29) is 36.5 Å². The van der Waals surface area contributed by atoms with Crippen LogP contribution in [-0.2, 0) is 28.5 Å². The molecule has 0 bridgehead atoms. The number of Topliss-reactive ketones (excluding diaryl/α,β-unsaturated/α-hetero) is 1. The number of likely N-dealkylation sites (tertiary alicyclic amines) is 1. The monoisotopic (exact) mass is 611 g/mol. The topological polar surface area (TPSA) is 101 Å². The number of nitrogens with zero attached hydrogens (tertiary/aromatic N) is 3. The Morgan fingerprint density at radius 2 is 1.72 bits per heavy atom. The van der Waals surface area contributed by atoms with E-state index in [2.05, 4.69) is 30.7 Å². The minimum absolute atomic E-state index is 0.0607. The van der Waals surface area contributed by atoms with Gasteiger partial charge in [-0.15, -0.1) is 0 Å². The third-order valence-corrected chi connectivity index (χ3v) is 10.5. The van der Waals surface area contributed by atoms with Crippen LogP contribution in [0.1, 0.15) is 74.1 Å². The molecule has 0 amide bonds. The van der Waals surface area contributed by atoms with E-state index in [4.69, 9.17) is 18.9 Å². The average Bonchev–Trinajstić information content (AvgIpc) is 2.96. The van der Waals surface area contributed by atoms with Crippen LogP contribution in [0.4, 0.5) is 0 Å². The Balaban J connectivity index is 1.97. The van der Waals surface area contributed by atoms with E-state index in [1.165, 1.54) is 0 Å². The number of ether oxygens (including phenoxy) is 4. The minimum atomic E-state index is -1.39. The molecule has 0 aromatic heterocycles. The predicted molar refractivity (Wildman–Crippen MR) is 167 cm³/mol. The fourth-order valence-electron chi connectivity index (χ4n) is 7.71. The van der Waals surface area contributed by atoms with Gasteiger partial charge in [0.05, 0.1) is 17.8 Å². The van der Waals surface area contributed by atoms with Crippen LogP contribution in [0.5, 0.6) is 0 Å². The van der Waals surface area contributed by atoms with Crippen LogP contribution < -0.4 is 0 Å². The van der Waals surface area contributed by atoms with Gasteiger partial charge in [-0.1, -0.05) is 20.8 Å². The van der Waals surface area contributed by atoms with Crippen LogP contribution >= 0.6 is 0 Å². The minimum Gasteiger partial charge on any atom is -0.463 e. The number of ketones is 1. The first kappa shape index (κ1) is 36.3. The van der Waals surface area contributed by atoms with Crippen LogP contribution in [0, 0.1) is 23.2 Å². The van der Waals surface area contributed by atoms with E-state index in [0.29, 0.717) is 18.8 Å². The van der Waals surface area contributed by atoms with Crippen LogP contribution in [0.25, 0.3) is 0 Å². The maximum atomic E-state index is 14.2. The quantitative estimate of drug-likeness (QED) is 0.356. The summed E-state index contributed by atoms with van der Waals surface area (Å²) in [6, 6.07) is -0.103. The van der Waals surface area contributed by atoms with Crippen molar-refractivity contribution in [2.45, 2.75) is 116 Å². The van der Waals surface area contributed by atoms with Gasteiger partial charge in [0, 0.05) is 31.7 Å². The Kier molecular flexibility index (Phi) is 12.6. The van der Waals surface area contributed by atoms with E-state index in [9.17, 15) is 14.7 Å². The molecule has 0 aliphatic carbocycles. The lowest BCUT2D eigenvalue weighted by Gasteiger charge is -2.47. The van der Waals surface area contributed by atoms with Crippen molar-refractivity contribution >= 4 is 11.8 Å². The molecule has 0 unspecified atom stereocenters. The van der Waals surface area contributed by atoms with Crippen LogP contribution in [0.15, 0.2) is 0 Å². The van der Waals surface area contributed by atoms with E-state index < -0.39 is 41.4 Å². The van der Waals surface area contributed by atoms with Crippen molar-refractivity contribution in [2.75, 3.05) is 61.0 Å². The predicted octanol–water partition coefficient (Wildman–Crippen LogP) is 3.05. The molecule has 1 N–H and O–H groups in total. The molecule has 43 heavy (non-hydrogen) atoms. The van der Waals surface area contributed by atoms with Crippen molar-refractivity contribution in [3.05, 3.63) is 0 Å². The Labute approximate surface area is 260 Å². The molecular formula is C33H61N3O7. The van der Waals surface area contributed by atoms with Gasteiger partial charge in [0.2, 0.25) is 0 Å². The SMILES string of the molecule is CCN1CCC([C@@H]2COC(=O)C(C)(C)C(=O)[C@H](C)[C@@H](O[C@@H]3O[C@H](C)C[C@H](N(C)C)[C@H]3O)[C@](C)(OC)C[C@@H](C)CN2C)CC1. The number of esters is 1. The largest absolute Gasteiger partial charge is 0.463 e. The number of hydrogen-bond donors (Lipinski definition) is 1. The Morgan fingerprint density at radius 3 is 2.28 bits per heavy atom. The standard InChI is InChI=1S/C33H61N3O7/c1-12-36-15-13-24(14-16-36)26-20-41-31(39)32(5,6)28(38)23(4)29(33(7,40-11)18-21(2)19-35(26)10)43-30-27(37)25(34(8)9)17-22(3)42-30/h21-27,29-30,37H,12-20H2,1-11H3/t21-,22-,23+,25+,26+,27-,29-,30+,33-/m1/s1. The first-order chi connectivity index (χ1) is 20.0. The summed E-state index contributed by atoms with van der Waals surface area (Å²) >= 11 is 0. The van der Waals surface area contributed by atoms with Gasteiger partial charge in [0.15, 0.2) is 12.1 Å². The highest BCUT2D eigenvalue weighted by Gasteiger charge is 2.51. The van der Waals surface area contributed by atoms with Crippen molar-refractivity contribution in [3.8, 4) is 0 Å². The Bertz CT molecular complexity index is 924. The molecule has 9 atom stereocenters. The van der Waals surface area contributed by atoms with Crippen LogP contribution in [-0.4, -0.2) is 135 Å². The fraction of sp³-hybridized carbons (Fsp3) is 0.939. The fourth-order valence-corrected chi connectivity index (χ4v) is 7.71. The van der Waals surface area contributed by atoms with Gasteiger partial charge in [-0.2, -0.15) is 0 Å². The molecule has 0 aromatic carbocycles. The van der Waals surface area contributed by atoms with Gasteiger partial charge in [-0.3, -0.25) is 14.5 Å². The number of piperidine rings is 1. The van der Waals surface area contributed by atoms with E-state index >= 15 is 0 Å². The van der Waals surface area contributed by atoms with E-state index in [1.54, 1.807) is 27.9 Å². The third kappa shape index (κ3) is 8.37. The van der Waals surface area contributed by atoms with Gasteiger partial charge >= 0.3 is 5.97 Å². The number of carbonyl (C=O) groups excluding carboxylic acids is 2. The molecule has 3 fully saturated rings. The molecule has 250 valence electrons. The number of hydrogen-bond acceptors (Lipinski definition) is 10. The molecule has 0 radical (unpaired) electrons. The summed E-state index contributed by atoms with van der Waals surface area (Å²) in [7, 11) is 7.63. The summed E-state index contributed by atoms with van der Waals surface area (Å²) in [6.07, 6.45) is 0.583. The van der Waals surface area contributed by atoms with Crippen molar-refractivity contribution in [3.63, 3.8) is 0 Å². The van der Waals surface area contributed by atoms with Crippen molar-refractivity contribution in [1.29, 1.82) is 0 Å². The molecule has 3 saturated heterocycles. The normalized spacial score (nSPS) is 40.0. The van der Waals surface area contributed by atoms with Crippen molar-refractivity contribution in [1.82, 2.24) is 14.7 Å². The number of rotatable bonds is 6. The van der Waals surface area contributed by atoms with Crippen molar-refractivity contribution in [2.24, 2.45) is 23.2 Å². The van der Waals surface area contributed by atoms with Gasteiger partial charge in [-0.25, -0.2) is 0 Å². The zero-order valence-corrected chi connectivity index (χ0v) is 28.8. The number of carbonyl (C=O) groups is 2. The highest BCUT2D eigenvalue weighted by atomic mass is 16.7. The molecule has 0 spiro atoms. The molecule has 3 aliphatic heterocycles. The maximum absolute atomic E-state index is 14.2. The highest BCUT2D eigenvalue weighted by Crippen LogP contribution is 2.38. The van der Waals surface area contributed by atoms with Gasteiger partial charge in [0.25, 0.3) is 0 Å². The van der Waals surface area contributed by atoms with E-state index in [1.807, 2.05) is 32.8 Å². The second-order valence-electron chi connectivity index (χ2n) is 14.6. The second-order valence-corrected chi connectivity index (χ2v) is 14.6. The lowest BCUT2D eigenvalue weighted by Crippen LogP contribution is -2.59. The first-order valence-corrected chi connectivity index (χ1v) is 16.4. The zero-order valence-electron chi connectivity index (χ0n) is 28.8. The molecule has 10 heteroatoms. The van der Waals surface area contributed by atoms with Gasteiger partial charge in [0.1, 0.15) is 18.1 Å². The summed E-state index contributed by atoms with van der Waals surface area (Å²) in [4.78, 5) is 34.6. The van der Waals surface area contributed by atoms with Crippen molar-refractivity contribution < 1.29 is 33.6 Å². The Hall–Kier alpha value is -1.14. The third-order valence-electron chi connectivity index (χ3n) is 10.5. The average molecular weight is 612 g/mol. The molecule has 10 nitrogen and oxygen atoms in total. The van der Waals surface area contributed by atoms with Crippen LogP contribution in [0.2, 0.25) is 0 Å². The molecule has 0 aromatic rings. The number of likely N-dealkylation sites (N-methyl/N-ethyl adjacent to an activating group) is 2. The number of aliphatic hydroxyl groups is 1. The maximum Gasteiger partial charge on any atom is 0.319 e. The lowest BCUT2D eigenvalue weighted by molar-refractivity contribution is -0.295. The summed E-state index contributed by atoms with van der Waals surface area (Å²) < 4.78 is 25.0. The molecule has 3 aliphatic rings. The first-order valence-electron chi connectivity index (χ1n) is 16.4. The summed E-state index contributed by atoms with van der Waals surface area (Å²) in [6.45, 7) is 17.6. The lowest BCUT2D eigenvalue weighted by atomic mass is 9.74. The smallest absolute Gasteiger partial charge is 0.319 e. The second kappa shape index (κ2) is 15.0. The molecular weight excluding hydrogens is 550 g/mol. The van der Waals surface area contributed by atoms with Gasteiger partial charge < -0.3 is 33.9 Å². The zero-order chi connectivity index (χ0) is 32.3. The Morgan fingerprint density at radius 1 is 1.09 bits per heavy atom. The molecule has 3 rings (SSSR count). The van der Waals surface area contributed by atoms with Crippen LogP contribution in [0.3, 0.4) is 0 Å². The number of cyclic esters (lactones) is 1. The summed E-state index contributed by atoms with van der Waals surface area (Å²) in [5.41, 5.74) is -2.29.